The number of phenolic OH excluding ortho intramolecular Hbond substituents is 2. The Morgan fingerprint density at radius 2 is 1.84 bits per heavy atom. The molecule has 0 fully saturated rings. The number of pyridine rings is 2. The van der Waals surface area contributed by atoms with Crippen molar-refractivity contribution in [3.05, 3.63) is 64.5 Å². The predicted octanol–water partition coefficient (Wildman–Crippen LogP) is 1.58. The van der Waals surface area contributed by atoms with Crippen LogP contribution in [-0.4, -0.2) is 20.2 Å². The molecule has 0 radical (unpaired) electrons. The Hall–Kier alpha value is -1.39. The predicted molar refractivity (Wildman–Crippen MR) is 102 cm³/mol. The summed E-state index contributed by atoms with van der Waals surface area (Å²) in [6.45, 7) is 0. The molecule has 0 bridgehead atoms. The first-order chi connectivity index (χ1) is 12.0. The zero-order valence-corrected chi connectivity index (χ0v) is 17.6. The third kappa shape index (κ3) is 3.11. The molecular weight excluding hydrogens is 565 g/mol. The molecule has 0 atom stereocenters. The van der Waals surface area contributed by atoms with Gasteiger partial charge in [-0.2, -0.15) is 0 Å². The normalized spacial score (nSPS) is 11.4. The molecule has 0 unspecified atom stereocenters. The van der Waals surface area contributed by atoms with Gasteiger partial charge in [-0.25, -0.2) is 0 Å². The quantitative estimate of drug-likeness (QED) is 0.282. The Balaban J connectivity index is 1.83. The summed E-state index contributed by atoms with van der Waals surface area (Å²) in [6.07, 6.45) is 1.68. The molecule has 4 nitrogen and oxygen atoms in total. The Morgan fingerprint density at radius 3 is 2.68 bits per heavy atom. The average molecular weight is 576 g/mol. The molecule has 25 heavy (non-hydrogen) atoms. The van der Waals surface area contributed by atoms with Gasteiger partial charge < -0.3 is 0 Å². The summed E-state index contributed by atoms with van der Waals surface area (Å²) in [5.41, 5.74) is 1.09. The van der Waals surface area contributed by atoms with Crippen molar-refractivity contribution >= 4 is 56.0 Å². The van der Waals surface area contributed by atoms with Crippen LogP contribution in [0.5, 0.6) is 11.5 Å². The number of rotatable bonds is 2. The van der Waals surface area contributed by atoms with E-state index in [4.69, 9.17) is 11.6 Å². The number of aromatic nitrogens is 2. The van der Waals surface area contributed by atoms with Crippen LogP contribution in [-0.2, 0) is 0 Å². The Labute approximate surface area is 172 Å². The Kier molecular flexibility index (Phi) is 4.59. The monoisotopic (exact) mass is 575 g/mol. The molecule has 0 aliphatic heterocycles. The van der Waals surface area contributed by atoms with E-state index in [9.17, 15) is 10.2 Å². The third-order valence-corrected chi connectivity index (χ3v) is 7.50. The second-order valence-electron chi connectivity index (χ2n) is 5.28. The molecule has 2 aromatic carbocycles. The fourth-order valence-corrected chi connectivity index (χ4v) is 6.38. The fraction of sp³-hybridized carbons (Fsp3) is 0. The van der Waals surface area contributed by atoms with E-state index in [1.165, 1.54) is 0 Å². The molecule has 0 saturated carbocycles. The van der Waals surface area contributed by atoms with Crippen molar-refractivity contribution < 1.29 is 31.4 Å². The molecule has 4 aromatic rings. The topological polar surface area (TPSA) is 66.2 Å². The maximum absolute atomic E-state index is 10.6. The van der Waals surface area contributed by atoms with Crippen molar-refractivity contribution in [2.75, 3.05) is 0 Å². The van der Waals surface area contributed by atoms with Crippen molar-refractivity contribution in [1.82, 2.24) is 9.97 Å². The molecule has 7 heteroatoms. The van der Waals surface area contributed by atoms with E-state index in [1.807, 2.05) is 30.3 Å². The molecule has 0 spiro atoms. The van der Waals surface area contributed by atoms with Crippen LogP contribution in [0.1, 0.15) is 0 Å². The molecule has 0 aliphatic rings. The molecule has 0 amide bonds. The number of phenols is 2. The van der Waals surface area contributed by atoms with Crippen molar-refractivity contribution in [1.29, 1.82) is 0 Å². The van der Waals surface area contributed by atoms with Crippen LogP contribution >= 0.6 is 34.2 Å². The number of hydrogen-bond acceptors (Lipinski definition) is 4. The van der Waals surface area contributed by atoms with Crippen LogP contribution in [0.4, 0.5) is 0 Å². The summed E-state index contributed by atoms with van der Waals surface area (Å²) in [6, 6.07) is 12.7. The first kappa shape index (κ1) is 17.0. The summed E-state index contributed by atoms with van der Waals surface area (Å²) in [5, 5.41) is 22.9. The van der Waals surface area contributed by atoms with E-state index < -0.39 is 21.2 Å². The second-order valence-corrected chi connectivity index (χ2v) is 9.66. The van der Waals surface area contributed by atoms with E-state index in [0.29, 0.717) is 21.4 Å². The summed E-state index contributed by atoms with van der Waals surface area (Å²) >= 11 is 7.67. The minimum absolute atomic E-state index is 0.101. The van der Waals surface area contributed by atoms with E-state index in [0.717, 1.165) is 16.2 Å². The van der Waals surface area contributed by atoms with Gasteiger partial charge >= 0.3 is 173 Å². The van der Waals surface area contributed by atoms with Gasteiger partial charge in [-0.05, 0) is 0 Å². The maximum atomic E-state index is 10.6. The molecule has 0 saturated heterocycles. The van der Waals surface area contributed by atoms with E-state index >= 15 is 0 Å². The van der Waals surface area contributed by atoms with Gasteiger partial charge in [-0.1, -0.05) is 0 Å². The minimum atomic E-state index is -0.742. The van der Waals surface area contributed by atoms with Crippen LogP contribution in [0.15, 0.2) is 48.7 Å². The zero-order chi connectivity index (χ0) is 17.6. The molecular formula is C18H10ClI2N2O2-. The molecule has 2 N–H and O–H groups in total. The van der Waals surface area contributed by atoms with Gasteiger partial charge in [0.15, 0.2) is 0 Å². The Bertz CT molecular complexity index is 1130. The van der Waals surface area contributed by atoms with Crippen molar-refractivity contribution in [2.45, 2.75) is 0 Å². The van der Waals surface area contributed by atoms with Crippen LogP contribution in [0.25, 0.3) is 21.8 Å². The third-order valence-electron chi connectivity index (χ3n) is 3.72. The van der Waals surface area contributed by atoms with Crippen molar-refractivity contribution in [3.8, 4) is 11.5 Å². The molecule has 4 rings (SSSR count). The molecule has 2 heterocycles. The van der Waals surface area contributed by atoms with E-state index in [-0.39, 0.29) is 11.5 Å². The van der Waals surface area contributed by atoms with Crippen molar-refractivity contribution in [2.24, 2.45) is 0 Å². The summed E-state index contributed by atoms with van der Waals surface area (Å²) in [4.78, 5) is 8.87. The summed E-state index contributed by atoms with van der Waals surface area (Å²) in [7, 11) is 0. The van der Waals surface area contributed by atoms with Gasteiger partial charge in [0.1, 0.15) is 0 Å². The Morgan fingerprint density at radius 1 is 1.00 bits per heavy atom. The second kappa shape index (κ2) is 6.73. The van der Waals surface area contributed by atoms with Crippen LogP contribution < -0.4 is 21.2 Å². The van der Waals surface area contributed by atoms with E-state index in [2.05, 4.69) is 32.6 Å². The summed E-state index contributed by atoms with van der Waals surface area (Å²) < 4.78 is 2.73. The first-order valence-corrected chi connectivity index (χ1v) is 10.9. The first-order valence-electron chi connectivity index (χ1n) is 7.24. The number of nitrogens with zero attached hydrogens (tertiary/aromatic N) is 2. The fourth-order valence-electron chi connectivity index (χ4n) is 2.53. The van der Waals surface area contributed by atoms with Gasteiger partial charge in [0, 0.05) is 0 Å². The zero-order valence-electron chi connectivity index (χ0n) is 12.5. The van der Waals surface area contributed by atoms with Gasteiger partial charge in [0.25, 0.3) is 0 Å². The number of halogens is 3. The van der Waals surface area contributed by atoms with E-state index in [1.54, 1.807) is 18.3 Å². The van der Waals surface area contributed by atoms with Gasteiger partial charge in [-0.15, -0.1) is 0 Å². The van der Waals surface area contributed by atoms with Crippen LogP contribution in [0.2, 0.25) is 5.02 Å². The number of aromatic hydroxyl groups is 2. The average Bonchev–Trinajstić information content (AvgIpc) is 2.63. The molecule has 0 aliphatic carbocycles. The van der Waals surface area contributed by atoms with Crippen LogP contribution in [0, 0.1) is 10.8 Å². The van der Waals surface area contributed by atoms with Gasteiger partial charge in [0.05, 0.1) is 0 Å². The van der Waals surface area contributed by atoms with Crippen molar-refractivity contribution in [3.63, 3.8) is 0 Å². The van der Waals surface area contributed by atoms with Gasteiger partial charge in [0.2, 0.25) is 0 Å². The standard InChI is InChI=1S/C18H10ClI2N2O2/c19-11-4-5-14(24)16-9(11)3-6-15(23-16)21-13-8-12(20)10-2-1-7-22-17(10)18(13)25/h1-8,24-25H/q-1. The van der Waals surface area contributed by atoms with Gasteiger partial charge in [-0.3, -0.25) is 0 Å². The van der Waals surface area contributed by atoms with Crippen LogP contribution in [0.3, 0.4) is 0 Å². The SMILES string of the molecule is Oc1ccc(Cl)c2ccc([I-]c3cc(I)c4cccnc4c3O)nc12. The number of hydrogen-bond donors (Lipinski definition) is 2. The molecule has 126 valence electrons. The number of fused-ring (bicyclic) bond motifs is 2. The summed E-state index contributed by atoms with van der Waals surface area (Å²) in [5.74, 6) is 0.310. The molecule has 2 aromatic heterocycles. The number of benzene rings is 2.